The van der Waals surface area contributed by atoms with Crippen LogP contribution in [0.25, 0.3) is 30.4 Å². The largest absolute Gasteiger partial charge is 0.0984 e. The molecule has 0 unspecified atom stereocenters. The van der Waals surface area contributed by atoms with E-state index in [1.807, 2.05) is 78.9 Å². The van der Waals surface area contributed by atoms with Crippen molar-refractivity contribution in [3.05, 3.63) is 139 Å². The lowest BCUT2D eigenvalue weighted by Crippen LogP contribution is -1.76. The molecule has 0 radical (unpaired) electrons. The van der Waals surface area contributed by atoms with Crippen molar-refractivity contribution >= 4 is 30.4 Å². The van der Waals surface area contributed by atoms with Gasteiger partial charge in [0.1, 0.15) is 0 Å². The summed E-state index contributed by atoms with van der Waals surface area (Å²) in [6.45, 7) is 16.9. The smallest absolute Gasteiger partial charge is 0.0190 e. The average molecular weight is 393 g/mol. The van der Waals surface area contributed by atoms with Crippen LogP contribution in [0, 0.1) is 0 Å². The normalized spacial score (nSPS) is 9.37. The van der Waals surface area contributed by atoms with E-state index in [4.69, 9.17) is 0 Å². The van der Waals surface area contributed by atoms with Crippen molar-refractivity contribution in [3.8, 4) is 0 Å². The third-order valence-electron chi connectivity index (χ3n) is 4.22. The molecule has 0 amide bonds. The molecule has 3 aromatic rings. The standard InChI is InChI=1S/2C10H10.C10H12/c2*1-3-9-7-5-6-8-10(9)4-2;1-2-3-7-10-8-5-4-6-9-10/h2*3-8H,1-2H2;3-9H,2H2,1H3. The minimum absolute atomic E-state index is 1.11. The zero-order valence-electron chi connectivity index (χ0n) is 18.0. The van der Waals surface area contributed by atoms with Gasteiger partial charge < -0.3 is 0 Å². The summed E-state index contributed by atoms with van der Waals surface area (Å²) in [5, 5.41) is 0. The highest BCUT2D eigenvalue weighted by Gasteiger charge is 1.90. The molecule has 0 nitrogen and oxygen atoms in total. The van der Waals surface area contributed by atoms with E-state index in [9.17, 15) is 0 Å². The Kier molecular flexibility index (Phi) is 12.4. The molecule has 0 N–H and O–H groups in total. The summed E-state index contributed by atoms with van der Waals surface area (Å²) >= 11 is 0. The summed E-state index contributed by atoms with van der Waals surface area (Å²) in [4.78, 5) is 0. The van der Waals surface area contributed by atoms with Gasteiger partial charge in [0.15, 0.2) is 0 Å². The Morgan fingerprint density at radius 2 is 0.867 bits per heavy atom. The van der Waals surface area contributed by atoms with Gasteiger partial charge in [-0.25, -0.2) is 0 Å². The first-order chi connectivity index (χ1) is 14.7. The van der Waals surface area contributed by atoms with E-state index in [0.29, 0.717) is 0 Å². The van der Waals surface area contributed by atoms with Crippen molar-refractivity contribution < 1.29 is 0 Å². The van der Waals surface area contributed by atoms with Gasteiger partial charge in [0.05, 0.1) is 0 Å². The van der Waals surface area contributed by atoms with Gasteiger partial charge in [-0.15, -0.1) is 0 Å². The van der Waals surface area contributed by atoms with Crippen LogP contribution in [-0.2, 0) is 0 Å². The summed E-state index contributed by atoms with van der Waals surface area (Å²) in [5.41, 5.74) is 5.83. The van der Waals surface area contributed by atoms with Gasteiger partial charge in [0.25, 0.3) is 0 Å². The molecule has 0 heteroatoms. The molecule has 0 fully saturated rings. The topological polar surface area (TPSA) is 0 Å². The zero-order valence-corrected chi connectivity index (χ0v) is 18.0. The van der Waals surface area contributed by atoms with Gasteiger partial charge in [-0.05, 0) is 34.2 Å². The highest BCUT2D eigenvalue weighted by atomic mass is 13.9. The summed E-state index contributed by atoms with van der Waals surface area (Å²) in [6, 6.07) is 26.4. The number of hydrogen-bond acceptors (Lipinski definition) is 0. The molecule has 0 saturated carbocycles. The van der Waals surface area contributed by atoms with Gasteiger partial charge in [0.2, 0.25) is 0 Å². The number of benzene rings is 3. The predicted molar refractivity (Wildman–Crippen MR) is 139 cm³/mol. The Balaban J connectivity index is 0.000000225. The van der Waals surface area contributed by atoms with E-state index >= 15 is 0 Å². The molecule has 0 spiro atoms. The fourth-order valence-corrected chi connectivity index (χ4v) is 2.58. The van der Waals surface area contributed by atoms with E-state index in [1.165, 1.54) is 5.56 Å². The lowest BCUT2D eigenvalue weighted by molar-refractivity contribution is 1.23. The van der Waals surface area contributed by atoms with E-state index in [0.717, 1.165) is 28.7 Å². The third kappa shape index (κ3) is 9.03. The molecule has 30 heavy (non-hydrogen) atoms. The highest BCUT2D eigenvalue weighted by Crippen LogP contribution is 2.11. The van der Waals surface area contributed by atoms with E-state index in [-0.39, 0.29) is 0 Å². The first-order valence-corrected chi connectivity index (χ1v) is 10.1. The quantitative estimate of drug-likeness (QED) is 0.392. The second-order valence-corrected chi connectivity index (χ2v) is 6.30. The van der Waals surface area contributed by atoms with Crippen molar-refractivity contribution in [3.63, 3.8) is 0 Å². The lowest BCUT2D eigenvalue weighted by atomic mass is 10.1. The zero-order chi connectivity index (χ0) is 22.0. The molecule has 3 aromatic carbocycles. The molecule has 0 aliphatic carbocycles. The van der Waals surface area contributed by atoms with Crippen molar-refractivity contribution in [2.75, 3.05) is 0 Å². The Morgan fingerprint density at radius 1 is 0.533 bits per heavy atom. The van der Waals surface area contributed by atoms with Gasteiger partial charge in [-0.2, -0.15) is 0 Å². The fraction of sp³-hybridized carbons (Fsp3) is 0.0667. The fourth-order valence-electron chi connectivity index (χ4n) is 2.58. The van der Waals surface area contributed by atoms with Gasteiger partial charge in [0, 0.05) is 0 Å². The van der Waals surface area contributed by atoms with Gasteiger partial charge >= 0.3 is 0 Å². The minimum atomic E-state index is 1.11. The molecule has 3 rings (SSSR count). The molecule has 0 heterocycles. The average Bonchev–Trinajstić information content (AvgIpc) is 2.84. The van der Waals surface area contributed by atoms with Crippen LogP contribution in [0.15, 0.2) is 111 Å². The third-order valence-corrected chi connectivity index (χ3v) is 4.22. The molecule has 0 bridgehead atoms. The monoisotopic (exact) mass is 392 g/mol. The Bertz CT molecular complexity index is 833. The molecule has 0 atom stereocenters. The maximum Gasteiger partial charge on any atom is -0.0190 e. The van der Waals surface area contributed by atoms with Crippen LogP contribution in [0.2, 0.25) is 0 Å². The number of rotatable bonds is 6. The van der Waals surface area contributed by atoms with E-state index in [2.05, 4.69) is 69.7 Å². The first-order valence-electron chi connectivity index (χ1n) is 10.1. The molecule has 0 aliphatic heterocycles. The Morgan fingerprint density at radius 3 is 1.17 bits per heavy atom. The van der Waals surface area contributed by atoms with Crippen LogP contribution < -0.4 is 0 Å². The van der Waals surface area contributed by atoms with Crippen molar-refractivity contribution in [2.45, 2.75) is 13.3 Å². The maximum absolute atomic E-state index is 3.69. The lowest BCUT2D eigenvalue weighted by Gasteiger charge is -1.96. The summed E-state index contributed by atoms with van der Waals surface area (Å²) in [6.07, 6.45) is 12.7. The first kappa shape index (κ1) is 24.4. The highest BCUT2D eigenvalue weighted by molar-refractivity contribution is 5.63. The second kappa shape index (κ2) is 15.3. The molecule has 152 valence electrons. The van der Waals surface area contributed by atoms with Gasteiger partial charge in [-0.1, -0.05) is 149 Å². The van der Waals surface area contributed by atoms with Crippen LogP contribution in [0.5, 0.6) is 0 Å². The Hall–Kier alpha value is -3.64. The molecule has 0 aliphatic rings. The van der Waals surface area contributed by atoms with Crippen LogP contribution in [-0.4, -0.2) is 0 Å². The van der Waals surface area contributed by atoms with Crippen LogP contribution in [0.3, 0.4) is 0 Å². The summed E-state index contributed by atoms with van der Waals surface area (Å²) in [5.74, 6) is 0. The molecular weight excluding hydrogens is 360 g/mol. The minimum Gasteiger partial charge on any atom is -0.0984 e. The number of hydrogen-bond donors (Lipinski definition) is 0. The second-order valence-electron chi connectivity index (χ2n) is 6.30. The molecule has 0 aromatic heterocycles. The SMILES string of the molecule is C=Cc1ccccc1C=C.C=Cc1ccccc1C=C.CCC=Cc1ccccc1. The summed E-state index contributed by atoms with van der Waals surface area (Å²) < 4.78 is 0. The van der Waals surface area contributed by atoms with Crippen LogP contribution in [0.1, 0.15) is 41.2 Å². The van der Waals surface area contributed by atoms with Gasteiger partial charge in [-0.3, -0.25) is 0 Å². The van der Waals surface area contributed by atoms with Crippen LogP contribution >= 0.6 is 0 Å². The molecular formula is C30H32. The summed E-state index contributed by atoms with van der Waals surface area (Å²) in [7, 11) is 0. The van der Waals surface area contributed by atoms with Crippen molar-refractivity contribution in [2.24, 2.45) is 0 Å². The van der Waals surface area contributed by atoms with Crippen molar-refractivity contribution in [1.82, 2.24) is 0 Å². The molecule has 0 saturated heterocycles. The Labute approximate surface area is 182 Å². The maximum atomic E-state index is 3.69. The van der Waals surface area contributed by atoms with Crippen LogP contribution in [0.4, 0.5) is 0 Å². The van der Waals surface area contributed by atoms with E-state index < -0.39 is 0 Å². The van der Waals surface area contributed by atoms with Crippen molar-refractivity contribution in [1.29, 1.82) is 0 Å². The van der Waals surface area contributed by atoms with E-state index in [1.54, 1.807) is 0 Å². The number of allylic oxidation sites excluding steroid dienone is 1. The predicted octanol–water partition coefficient (Wildman–Crippen LogP) is 9.06.